The predicted octanol–water partition coefficient (Wildman–Crippen LogP) is 3.64. The molecule has 4 rings (SSSR count). The molecule has 0 spiro atoms. The SMILES string of the molecule is CCNc1nc(Nc2cn(C3CCN(C(=O)C4CC4)CC3)nc2Cl)ncc1C(=N)Cl. The first-order valence-corrected chi connectivity index (χ1v) is 10.9. The van der Waals surface area contributed by atoms with E-state index < -0.39 is 0 Å². The highest BCUT2D eigenvalue weighted by atomic mass is 35.5. The molecule has 0 atom stereocenters. The lowest BCUT2D eigenvalue weighted by molar-refractivity contribution is -0.133. The van der Waals surface area contributed by atoms with Gasteiger partial charge in [0.1, 0.15) is 11.0 Å². The van der Waals surface area contributed by atoms with E-state index in [1.54, 1.807) is 0 Å². The molecule has 9 nitrogen and oxygen atoms in total. The Balaban J connectivity index is 1.44. The van der Waals surface area contributed by atoms with Gasteiger partial charge in [-0.2, -0.15) is 10.1 Å². The quantitative estimate of drug-likeness (QED) is 0.555. The smallest absolute Gasteiger partial charge is 0.229 e. The van der Waals surface area contributed by atoms with Gasteiger partial charge < -0.3 is 15.5 Å². The van der Waals surface area contributed by atoms with E-state index in [1.165, 1.54) is 6.20 Å². The number of anilines is 3. The lowest BCUT2D eigenvalue weighted by atomic mass is 10.0. The van der Waals surface area contributed by atoms with Gasteiger partial charge in [0.2, 0.25) is 11.9 Å². The number of hydrogen-bond acceptors (Lipinski definition) is 7. The second kappa shape index (κ2) is 8.77. The molecule has 0 bridgehead atoms. The molecule has 2 aromatic heterocycles. The van der Waals surface area contributed by atoms with Crippen LogP contribution in [0.2, 0.25) is 5.15 Å². The minimum Gasteiger partial charge on any atom is -0.370 e. The van der Waals surface area contributed by atoms with Crippen LogP contribution >= 0.6 is 23.2 Å². The van der Waals surface area contributed by atoms with Crippen molar-refractivity contribution in [3.63, 3.8) is 0 Å². The van der Waals surface area contributed by atoms with E-state index in [0.29, 0.717) is 40.6 Å². The van der Waals surface area contributed by atoms with Crippen molar-refractivity contribution < 1.29 is 4.79 Å². The van der Waals surface area contributed by atoms with E-state index in [1.807, 2.05) is 22.7 Å². The van der Waals surface area contributed by atoms with Gasteiger partial charge >= 0.3 is 0 Å². The molecular formula is C19H24Cl2N8O. The summed E-state index contributed by atoms with van der Waals surface area (Å²) in [5.74, 6) is 1.37. The number of nitrogens with one attached hydrogen (secondary N) is 3. The summed E-state index contributed by atoms with van der Waals surface area (Å²) >= 11 is 12.1. The number of piperidine rings is 1. The van der Waals surface area contributed by atoms with Crippen LogP contribution in [-0.2, 0) is 4.79 Å². The lowest BCUT2D eigenvalue weighted by Gasteiger charge is -2.32. The third-order valence-corrected chi connectivity index (χ3v) is 5.86. The number of carbonyl (C=O) groups is 1. The summed E-state index contributed by atoms with van der Waals surface area (Å²) in [6.45, 7) is 4.07. The van der Waals surface area contributed by atoms with Gasteiger partial charge in [-0.3, -0.25) is 14.9 Å². The van der Waals surface area contributed by atoms with E-state index >= 15 is 0 Å². The molecule has 30 heavy (non-hydrogen) atoms. The molecule has 1 saturated carbocycles. The molecule has 2 fully saturated rings. The van der Waals surface area contributed by atoms with Crippen molar-refractivity contribution in [1.29, 1.82) is 5.41 Å². The summed E-state index contributed by atoms with van der Waals surface area (Å²) in [6, 6.07) is 0.193. The number of rotatable bonds is 7. The number of aromatic nitrogens is 4. The highest BCUT2D eigenvalue weighted by molar-refractivity contribution is 6.69. The van der Waals surface area contributed by atoms with Gasteiger partial charge in [-0.1, -0.05) is 23.2 Å². The Hall–Kier alpha value is -2.39. The molecule has 0 aromatic carbocycles. The molecule has 0 unspecified atom stereocenters. The van der Waals surface area contributed by atoms with Gasteiger partial charge in [-0.15, -0.1) is 0 Å². The first-order chi connectivity index (χ1) is 14.5. The average molecular weight is 451 g/mol. The van der Waals surface area contributed by atoms with E-state index in [9.17, 15) is 4.79 Å². The van der Waals surface area contributed by atoms with E-state index in [-0.39, 0.29) is 17.1 Å². The normalized spacial score (nSPS) is 17.1. The molecule has 3 heterocycles. The van der Waals surface area contributed by atoms with Crippen molar-refractivity contribution in [1.82, 2.24) is 24.6 Å². The van der Waals surface area contributed by atoms with Crippen LogP contribution in [-0.4, -0.2) is 55.4 Å². The molecule has 1 aliphatic heterocycles. The summed E-state index contributed by atoms with van der Waals surface area (Å²) in [5, 5.41) is 18.4. The number of hydrogen-bond donors (Lipinski definition) is 3. The molecule has 1 amide bonds. The van der Waals surface area contributed by atoms with Crippen molar-refractivity contribution in [2.75, 3.05) is 30.3 Å². The fraction of sp³-hybridized carbons (Fsp3) is 0.526. The Morgan fingerprint density at radius 1 is 1.30 bits per heavy atom. The summed E-state index contributed by atoms with van der Waals surface area (Å²) in [7, 11) is 0. The van der Waals surface area contributed by atoms with E-state index in [2.05, 4.69) is 25.7 Å². The molecule has 11 heteroatoms. The summed E-state index contributed by atoms with van der Waals surface area (Å²) in [6.07, 6.45) is 7.11. The van der Waals surface area contributed by atoms with Crippen molar-refractivity contribution >= 4 is 51.7 Å². The summed E-state index contributed by atoms with van der Waals surface area (Å²) < 4.78 is 1.86. The number of amides is 1. The van der Waals surface area contributed by atoms with Crippen molar-refractivity contribution in [2.24, 2.45) is 5.92 Å². The van der Waals surface area contributed by atoms with Crippen LogP contribution in [0, 0.1) is 11.3 Å². The molecular weight excluding hydrogens is 427 g/mol. The van der Waals surface area contributed by atoms with Crippen LogP contribution in [0.5, 0.6) is 0 Å². The van der Waals surface area contributed by atoms with Crippen molar-refractivity contribution in [3.8, 4) is 0 Å². The monoisotopic (exact) mass is 450 g/mol. The third kappa shape index (κ3) is 4.52. The topological polar surface area (TPSA) is 112 Å². The average Bonchev–Trinajstić information content (AvgIpc) is 3.52. The Kier molecular flexibility index (Phi) is 6.10. The zero-order valence-corrected chi connectivity index (χ0v) is 18.2. The first-order valence-electron chi connectivity index (χ1n) is 10.1. The van der Waals surface area contributed by atoms with Crippen LogP contribution in [0.15, 0.2) is 12.4 Å². The number of halogens is 2. The lowest BCUT2D eigenvalue weighted by Crippen LogP contribution is -2.39. The molecule has 3 N–H and O–H groups in total. The Morgan fingerprint density at radius 2 is 2.03 bits per heavy atom. The highest BCUT2D eigenvalue weighted by Crippen LogP contribution is 2.34. The van der Waals surface area contributed by atoms with Gasteiger partial charge in [0.05, 0.1) is 23.5 Å². The Bertz CT molecular complexity index is 950. The molecule has 1 aliphatic carbocycles. The summed E-state index contributed by atoms with van der Waals surface area (Å²) in [4.78, 5) is 22.8. The van der Waals surface area contributed by atoms with Crippen LogP contribution in [0.1, 0.15) is 44.2 Å². The van der Waals surface area contributed by atoms with E-state index in [4.69, 9.17) is 28.6 Å². The molecule has 160 valence electrons. The summed E-state index contributed by atoms with van der Waals surface area (Å²) in [5.41, 5.74) is 1.03. The fourth-order valence-electron chi connectivity index (χ4n) is 3.61. The fourth-order valence-corrected chi connectivity index (χ4v) is 3.93. The molecule has 1 saturated heterocycles. The van der Waals surface area contributed by atoms with Gasteiger partial charge in [0.15, 0.2) is 5.15 Å². The predicted molar refractivity (Wildman–Crippen MR) is 117 cm³/mol. The second-order valence-electron chi connectivity index (χ2n) is 7.57. The minimum atomic E-state index is -0.130. The highest BCUT2D eigenvalue weighted by Gasteiger charge is 2.35. The standard InChI is InChI=1S/C19H24Cl2N8O/c1-2-23-17-13(15(20)22)9-24-19(26-17)25-14-10-29(27-16(14)21)12-5-7-28(8-6-12)18(30)11-3-4-11/h9-12,22H,2-8H2,1H3,(H2,23,24,25,26). The maximum atomic E-state index is 12.2. The van der Waals surface area contributed by atoms with Crippen molar-refractivity contribution in [3.05, 3.63) is 23.1 Å². The van der Waals surface area contributed by atoms with E-state index in [0.717, 1.165) is 38.8 Å². The zero-order valence-electron chi connectivity index (χ0n) is 16.7. The van der Waals surface area contributed by atoms with Gasteiger partial charge in [-0.05, 0) is 32.6 Å². The van der Waals surface area contributed by atoms with Crippen molar-refractivity contribution in [2.45, 2.75) is 38.6 Å². The van der Waals surface area contributed by atoms with Crippen LogP contribution < -0.4 is 10.6 Å². The number of carbonyl (C=O) groups excluding carboxylic acids is 1. The zero-order chi connectivity index (χ0) is 21.3. The third-order valence-electron chi connectivity index (χ3n) is 5.38. The minimum absolute atomic E-state index is 0.130. The van der Waals surface area contributed by atoms with Crippen LogP contribution in [0.4, 0.5) is 17.5 Å². The van der Waals surface area contributed by atoms with Gasteiger partial charge in [0, 0.05) is 31.7 Å². The largest absolute Gasteiger partial charge is 0.370 e. The molecule has 2 aromatic rings. The molecule has 2 aliphatic rings. The van der Waals surface area contributed by atoms with Crippen LogP contribution in [0.3, 0.4) is 0 Å². The Labute approximate surface area is 184 Å². The maximum Gasteiger partial charge on any atom is 0.229 e. The van der Waals surface area contributed by atoms with Gasteiger partial charge in [-0.25, -0.2) is 4.98 Å². The molecule has 0 radical (unpaired) electrons. The van der Waals surface area contributed by atoms with Crippen LogP contribution in [0.25, 0.3) is 0 Å². The van der Waals surface area contributed by atoms with Gasteiger partial charge in [0.25, 0.3) is 0 Å². The Morgan fingerprint density at radius 3 is 2.67 bits per heavy atom. The number of nitrogens with zero attached hydrogens (tertiary/aromatic N) is 5. The first kappa shape index (κ1) is 20.9. The number of likely N-dealkylation sites (tertiary alicyclic amines) is 1. The second-order valence-corrected chi connectivity index (χ2v) is 8.31. The maximum absolute atomic E-state index is 12.2.